The normalized spacial score (nSPS) is 19.2. The summed E-state index contributed by atoms with van der Waals surface area (Å²) in [6.07, 6.45) is -0.960. The second-order valence-electron chi connectivity index (χ2n) is 6.97. The molecular formula is C21H19F3N2O. The zero-order valence-electron chi connectivity index (χ0n) is 14.5. The predicted octanol–water partition coefficient (Wildman–Crippen LogP) is 4.65. The maximum absolute atomic E-state index is 12.6. The molecule has 3 aromatic rings. The van der Waals surface area contributed by atoms with Gasteiger partial charge >= 0.3 is 6.18 Å². The van der Waals surface area contributed by atoms with Crippen molar-refractivity contribution in [2.45, 2.75) is 24.9 Å². The summed E-state index contributed by atoms with van der Waals surface area (Å²) in [5, 5.41) is 4.10. The first-order valence-corrected chi connectivity index (χ1v) is 8.93. The van der Waals surface area contributed by atoms with Gasteiger partial charge in [0.05, 0.1) is 5.56 Å². The summed E-state index contributed by atoms with van der Waals surface area (Å²) in [5.74, 6) is -0.162. The summed E-state index contributed by atoms with van der Waals surface area (Å²) in [6, 6.07) is 13.1. The molecule has 0 bridgehead atoms. The lowest BCUT2D eigenvalue weighted by molar-refractivity contribution is -0.137. The fourth-order valence-corrected chi connectivity index (χ4v) is 3.56. The first kappa shape index (κ1) is 17.6. The van der Waals surface area contributed by atoms with Crippen LogP contribution >= 0.6 is 0 Å². The van der Waals surface area contributed by atoms with E-state index in [1.54, 1.807) is 0 Å². The fourth-order valence-electron chi connectivity index (χ4n) is 3.56. The molecule has 0 spiro atoms. The zero-order chi connectivity index (χ0) is 19.0. The van der Waals surface area contributed by atoms with Gasteiger partial charge in [-0.2, -0.15) is 13.2 Å². The van der Waals surface area contributed by atoms with E-state index in [4.69, 9.17) is 0 Å². The molecule has 1 heterocycles. The van der Waals surface area contributed by atoms with Gasteiger partial charge in [0.25, 0.3) is 0 Å². The Kier molecular flexibility index (Phi) is 4.42. The number of rotatable bonds is 5. The Morgan fingerprint density at radius 1 is 1.11 bits per heavy atom. The SMILES string of the molecule is O=C(NCCc1c[nH]c2ccccc12)C1CC1c1ccc(C(F)(F)F)cc1. The topological polar surface area (TPSA) is 44.9 Å². The third-order valence-electron chi connectivity index (χ3n) is 5.16. The standard InChI is InChI=1S/C21H19F3N2O/c22-21(23,24)15-7-5-13(6-8-15)17-11-18(17)20(27)25-10-9-14-12-26-19-4-2-1-3-16(14)19/h1-8,12,17-18,26H,9-11H2,(H,25,27). The van der Waals surface area contributed by atoms with Gasteiger partial charge in [0, 0.05) is 29.6 Å². The molecule has 140 valence electrons. The molecule has 1 saturated carbocycles. The molecule has 1 aromatic heterocycles. The monoisotopic (exact) mass is 372 g/mol. The van der Waals surface area contributed by atoms with E-state index in [9.17, 15) is 18.0 Å². The highest BCUT2D eigenvalue weighted by atomic mass is 19.4. The molecule has 2 unspecified atom stereocenters. The lowest BCUT2D eigenvalue weighted by Gasteiger charge is -2.08. The van der Waals surface area contributed by atoms with Crippen LogP contribution in [-0.4, -0.2) is 17.4 Å². The minimum Gasteiger partial charge on any atom is -0.361 e. The first-order valence-electron chi connectivity index (χ1n) is 8.93. The Bertz CT molecular complexity index is 959. The van der Waals surface area contributed by atoms with E-state index in [2.05, 4.69) is 10.3 Å². The van der Waals surface area contributed by atoms with Crippen molar-refractivity contribution in [2.24, 2.45) is 5.92 Å². The Morgan fingerprint density at radius 2 is 1.85 bits per heavy atom. The molecule has 6 heteroatoms. The molecule has 4 rings (SSSR count). The number of nitrogens with one attached hydrogen (secondary N) is 2. The highest BCUT2D eigenvalue weighted by Crippen LogP contribution is 2.47. The van der Waals surface area contributed by atoms with Gasteiger partial charge in [-0.25, -0.2) is 0 Å². The summed E-state index contributed by atoms with van der Waals surface area (Å²) >= 11 is 0. The van der Waals surface area contributed by atoms with Gasteiger partial charge in [0.1, 0.15) is 0 Å². The molecule has 0 saturated heterocycles. The Balaban J connectivity index is 1.30. The Hall–Kier alpha value is -2.76. The van der Waals surface area contributed by atoms with E-state index in [1.807, 2.05) is 30.5 Å². The summed E-state index contributed by atoms with van der Waals surface area (Å²) in [4.78, 5) is 15.5. The maximum Gasteiger partial charge on any atom is 0.416 e. The van der Waals surface area contributed by atoms with Crippen molar-refractivity contribution in [1.82, 2.24) is 10.3 Å². The second kappa shape index (κ2) is 6.76. The highest BCUT2D eigenvalue weighted by Gasteiger charge is 2.44. The summed E-state index contributed by atoms with van der Waals surface area (Å²) in [7, 11) is 0. The average Bonchev–Trinajstić information content (AvgIpc) is 3.36. The number of halogens is 3. The van der Waals surface area contributed by atoms with Crippen LogP contribution in [0.5, 0.6) is 0 Å². The summed E-state index contributed by atoms with van der Waals surface area (Å²) in [6.45, 7) is 0.539. The van der Waals surface area contributed by atoms with E-state index >= 15 is 0 Å². The largest absolute Gasteiger partial charge is 0.416 e. The van der Waals surface area contributed by atoms with Crippen LogP contribution in [0.15, 0.2) is 54.7 Å². The molecule has 2 aromatic carbocycles. The van der Waals surface area contributed by atoms with Crippen LogP contribution in [0, 0.1) is 5.92 Å². The van der Waals surface area contributed by atoms with Crippen molar-refractivity contribution in [1.29, 1.82) is 0 Å². The molecule has 1 amide bonds. The number of amides is 1. The van der Waals surface area contributed by atoms with Crippen LogP contribution in [0.1, 0.15) is 29.0 Å². The highest BCUT2D eigenvalue weighted by molar-refractivity contribution is 5.84. The minimum absolute atomic E-state index is 0.0142. The molecule has 2 atom stereocenters. The van der Waals surface area contributed by atoms with Crippen LogP contribution in [0.3, 0.4) is 0 Å². The van der Waals surface area contributed by atoms with Crippen molar-refractivity contribution in [3.63, 3.8) is 0 Å². The molecule has 27 heavy (non-hydrogen) atoms. The number of H-pyrrole nitrogens is 1. The molecular weight excluding hydrogens is 353 g/mol. The minimum atomic E-state index is -4.33. The van der Waals surface area contributed by atoms with Gasteiger partial charge in [-0.15, -0.1) is 0 Å². The molecule has 1 fully saturated rings. The smallest absolute Gasteiger partial charge is 0.361 e. The number of carbonyl (C=O) groups excluding carboxylic acids is 1. The van der Waals surface area contributed by atoms with Crippen LogP contribution in [0.25, 0.3) is 10.9 Å². The lowest BCUT2D eigenvalue weighted by Crippen LogP contribution is -2.27. The van der Waals surface area contributed by atoms with E-state index in [0.29, 0.717) is 13.0 Å². The van der Waals surface area contributed by atoms with Gasteiger partial charge in [-0.05, 0) is 48.1 Å². The number of aromatic amines is 1. The number of hydrogen-bond donors (Lipinski definition) is 2. The zero-order valence-corrected chi connectivity index (χ0v) is 14.5. The third kappa shape index (κ3) is 3.70. The summed E-state index contributed by atoms with van der Waals surface area (Å²) < 4.78 is 37.9. The molecule has 0 radical (unpaired) electrons. The number of para-hydroxylation sites is 1. The molecule has 3 nitrogen and oxygen atoms in total. The van der Waals surface area contributed by atoms with E-state index in [-0.39, 0.29) is 17.7 Å². The molecule has 0 aliphatic heterocycles. The first-order chi connectivity index (χ1) is 12.9. The predicted molar refractivity (Wildman–Crippen MR) is 97.3 cm³/mol. The molecule has 1 aliphatic rings. The average molecular weight is 372 g/mol. The number of benzene rings is 2. The van der Waals surface area contributed by atoms with Crippen LogP contribution in [0.2, 0.25) is 0 Å². The second-order valence-corrected chi connectivity index (χ2v) is 6.97. The van der Waals surface area contributed by atoms with Crippen molar-refractivity contribution < 1.29 is 18.0 Å². The van der Waals surface area contributed by atoms with Gasteiger partial charge in [-0.3, -0.25) is 4.79 Å². The number of carbonyl (C=O) groups is 1. The number of hydrogen-bond acceptors (Lipinski definition) is 1. The maximum atomic E-state index is 12.6. The Morgan fingerprint density at radius 3 is 2.59 bits per heavy atom. The number of alkyl halides is 3. The van der Waals surface area contributed by atoms with Crippen molar-refractivity contribution in [3.05, 3.63) is 71.4 Å². The van der Waals surface area contributed by atoms with Crippen molar-refractivity contribution in [3.8, 4) is 0 Å². The van der Waals surface area contributed by atoms with Crippen molar-refractivity contribution >= 4 is 16.8 Å². The Labute approximate surface area is 154 Å². The van der Waals surface area contributed by atoms with Crippen molar-refractivity contribution in [2.75, 3.05) is 6.54 Å². The van der Waals surface area contributed by atoms with Crippen LogP contribution < -0.4 is 5.32 Å². The number of aromatic nitrogens is 1. The molecule has 1 aliphatic carbocycles. The fraction of sp³-hybridized carbons (Fsp3) is 0.286. The summed E-state index contributed by atoms with van der Waals surface area (Å²) in [5.41, 5.74) is 2.36. The number of fused-ring (bicyclic) bond motifs is 1. The quantitative estimate of drug-likeness (QED) is 0.673. The van der Waals surface area contributed by atoms with E-state index < -0.39 is 11.7 Å². The lowest BCUT2D eigenvalue weighted by atomic mass is 10.1. The van der Waals surface area contributed by atoms with E-state index in [1.165, 1.54) is 12.1 Å². The van der Waals surface area contributed by atoms with Gasteiger partial charge in [0.2, 0.25) is 5.91 Å². The van der Waals surface area contributed by atoms with Crippen LogP contribution in [0.4, 0.5) is 13.2 Å². The van der Waals surface area contributed by atoms with Crippen LogP contribution in [-0.2, 0) is 17.4 Å². The third-order valence-corrected chi connectivity index (χ3v) is 5.16. The van der Waals surface area contributed by atoms with E-state index in [0.717, 1.165) is 40.6 Å². The van der Waals surface area contributed by atoms with Gasteiger partial charge < -0.3 is 10.3 Å². The van der Waals surface area contributed by atoms with Gasteiger partial charge in [-0.1, -0.05) is 30.3 Å². The molecule has 2 N–H and O–H groups in total. The van der Waals surface area contributed by atoms with Gasteiger partial charge in [0.15, 0.2) is 0 Å².